The van der Waals surface area contributed by atoms with Gasteiger partial charge in [-0.3, -0.25) is 4.90 Å². The third kappa shape index (κ3) is 2.18. The second-order valence-electron chi connectivity index (χ2n) is 4.54. The van der Waals surface area contributed by atoms with Crippen molar-refractivity contribution in [1.29, 1.82) is 0 Å². The van der Waals surface area contributed by atoms with E-state index in [1.165, 1.54) is 0 Å². The number of ether oxygens (including phenoxy) is 1. The number of carbonyl (C=O) groups excluding carboxylic acids is 1. The summed E-state index contributed by atoms with van der Waals surface area (Å²) in [4.78, 5) is 14.5. The van der Waals surface area contributed by atoms with Crippen LogP contribution in [0.2, 0.25) is 0 Å². The Kier molecular flexibility index (Phi) is 3.82. The first-order chi connectivity index (χ1) is 8.69. The monoisotopic (exact) mass is 245 g/mol. The zero-order valence-corrected chi connectivity index (χ0v) is 10.9. The SMILES string of the molecule is CCOC(=O)C(C)(c1ccccc1)N1CC=CC1. The summed E-state index contributed by atoms with van der Waals surface area (Å²) in [6, 6.07) is 9.83. The Morgan fingerprint density at radius 2 is 1.89 bits per heavy atom. The fraction of sp³-hybridized carbons (Fsp3) is 0.400. The molecule has 3 heteroatoms. The molecule has 0 aromatic heterocycles. The van der Waals surface area contributed by atoms with Gasteiger partial charge in [0.1, 0.15) is 5.54 Å². The summed E-state index contributed by atoms with van der Waals surface area (Å²) in [5, 5.41) is 0. The summed E-state index contributed by atoms with van der Waals surface area (Å²) in [6.07, 6.45) is 4.17. The van der Waals surface area contributed by atoms with Crippen molar-refractivity contribution in [3.05, 3.63) is 48.0 Å². The van der Waals surface area contributed by atoms with Gasteiger partial charge in [0.2, 0.25) is 0 Å². The lowest BCUT2D eigenvalue weighted by atomic mass is 9.90. The van der Waals surface area contributed by atoms with Crippen LogP contribution in [0, 0.1) is 0 Å². The number of carbonyl (C=O) groups is 1. The first kappa shape index (κ1) is 12.8. The molecule has 1 aliphatic heterocycles. The molecule has 1 atom stereocenters. The Morgan fingerprint density at radius 1 is 1.28 bits per heavy atom. The molecule has 1 heterocycles. The van der Waals surface area contributed by atoms with Gasteiger partial charge in [-0.05, 0) is 19.4 Å². The molecular weight excluding hydrogens is 226 g/mol. The lowest BCUT2D eigenvalue weighted by molar-refractivity contribution is -0.157. The Hall–Kier alpha value is -1.61. The van der Waals surface area contributed by atoms with Gasteiger partial charge >= 0.3 is 5.97 Å². The maximum absolute atomic E-state index is 12.4. The Balaban J connectivity index is 2.36. The van der Waals surface area contributed by atoms with Crippen LogP contribution >= 0.6 is 0 Å². The van der Waals surface area contributed by atoms with Crippen molar-refractivity contribution in [1.82, 2.24) is 4.90 Å². The van der Waals surface area contributed by atoms with Crippen LogP contribution in [0.25, 0.3) is 0 Å². The highest BCUT2D eigenvalue weighted by molar-refractivity contribution is 5.82. The van der Waals surface area contributed by atoms with E-state index in [2.05, 4.69) is 17.1 Å². The standard InChI is InChI=1S/C15H19NO2/c1-3-18-14(17)15(2,16-11-7-8-12-16)13-9-5-4-6-10-13/h4-10H,3,11-12H2,1-2H3. The smallest absolute Gasteiger partial charge is 0.330 e. The molecule has 2 rings (SSSR count). The summed E-state index contributed by atoms with van der Waals surface area (Å²) >= 11 is 0. The fourth-order valence-electron chi connectivity index (χ4n) is 2.31. The zero-order valence-electron chi connectivity index (χ0n) is 10.9. The predicted molar refractivity (Wildman–Crippen MR) is 71.1 cm³/mol. The molecule has 1 aromatic carbocycles. The molecule has 1 aliphatic rings. The lowest BCUT2D eigenvalue weighted by Crippen LogP contribution is -2.49. The van der Waals surface area contributed by atoms with Gasteiger partial charge in [0, 0.05) is 13.1 Å². The third-order valence-electron chi connectivity index (χ3n) is 3.46. The van der Waals surface area contributed by atoms with Crippen molar-refractivity contribution in [3.8, 4) is 0 Å². The van der Waals surface area contributed by atoms with Gasteiger partial charge in [0.05, 0.1) is 6.61 Å². The number of hydrogen-bond donors (Lipinski definition) is 0. The summed E-state index contributed by atoms with van der Waals surface area (Å²) in [7, 11) is 0. The van der Waals surface area contributed by atoms with Crippen LogP contribution in [0.4, 0.5) is 0 Å². The van der Waals surface area contributed by atoms with Crippen molar-refractivity contribution in [2.45, 2.75) is 19.4 Å². The van der Waals surface area contributed by atoms with Crippen LogP contribution < -0.4 is 0 Å². The van der Waals surface area contributed by atoms with Gasteiger partial charge in [0.15, 0.2) is 0 Å². The predicted octanol–water partition coefficient (Wildman–Crippen LogP) is 2.34. The van der Waals surface area contributed by atoms with E-state index in [-0.39, 0.29) is 5.97 Å². The number of benzene rings is 1. The van der Waals surface area contributed by atoms with Crippen molar-refractivity contribution in [2.75, 3.05) is 19.7 Å². The van der Waals surface area contributed by atoms with E-state index < -0.39 is 5.54 Å². The second kappa shape index (κ2) is 5.36. The fourth-order valence-corrected chi connectivity index (χ4v) is 2.31. The average molecular weight is 245 g/mol. The van der Waals surface area contributed by atoms with Gasteiger partial charge in [-0.25, -0.2) is 4.79 Å². The first-order valence-electron chi connectivity index (χ1n) is 6.32. The minimum Gasteiger partial charge on any atom is -0.464 e. The molecule has 1 unspecified atom stereocenters. The van der Waals surface area contributed by atoms with Crippen LogP contribution in [0.15, 0.2) is 42.5 Å². The maximum Gasteiger partial charge on any atom is 0.330 e. The van der Waals surface area contributed by atoms with E-state index in [0.717, 1.165) is 18.7 Å². The summed E-state index contributed by atoms with van der Waals surface area (Å²) in [5.74, 6) is -0.181. The molecule has 18 heavy (non-hydrogen) atoms. The molecule has 0 radical (unpaired) electrons. The normalized spacial score (nSPS) is 18.6. The molecule has 0 saturated heterocycles. The highest BCUT2D eigenvalue weighted by atomic mass is 16.5. The van der Waals surface area contributed by atoms with Crippen LogP contribution in [0.3, 0.4) is 0 Å². The summed E-state index contributed by atoms with van der Waals surface area (Å²) in [6.45, 7) is 5.75. The molecular formula is C15H19NO2. The molecule has 0 fully saturated rings. The van der Waals surface area contributed by atoms with E-state index in [4.69, 9.17) is 4.74 Å². The van der Waals surface area contributed by atoms with Crippen LogP contribution in [0.5, 0.6) is 0 Å². The summed E-state index contributed by atoms with van der Waals surface area (Å²) in [5.41, 5.74) is 0.271. The highest BCUT2D eigenvalue weighted by Crippen LogP contribution is 2.31. The van der Waals surface area contributed by atoms with E-state index >= 15 is 0 Å². The molecule has 0 amide bonds. The van der Waals surface area contributed by atoms with Crippen LogP contribution in [0.1, 0.15) is 19.4 Å². The van der Waals surface area contributed by atoms with Crippen molar-refractivity contribution >= 4 is 5.97 Å². The van der Waals surface area contributed by atoms with Crippen molar-refractivity contribution in [2.24, 2.45) is 0 Å². The number of esters is 1. The van der Waals surface area contributed by atoms with Crippen LogP contribution in [-0.4, -0.2) is 30.6 Å². The van der Waals surface area contributed by atoms with Crippen molar-refractivity contribution < 1.29 is 9.53 Å². The molecule has 0 saturated carbocycles. The Labute approximate surface area is 108 Å². The lowest BCUT2D eigenvalue weighted by Gasteiger charge is -2.36. The molecule has 0 spiro atoms. The number of hydrogen-bond acceptors (Lipinski definition) is 3. The van der Waals surface area contributed by atoms with Gasteiger partial charge in [-0.2, -0.15) is 0 Å². The Morgan fingerprint density at radius 3 is 2.44 bits per heavy atom. The van der Waals surface area contributed by atoms with Crippen LogP contribution in [-0.2, 0) is 15.1 Å². The van der Waals surface area contributed by atoms with Gasteiger partial charge in [-0.1, -0.05) is 42.5 Å². The zero-order chi connectivity index (χ0) is 13.0. The Bertz CT molecular complexity index is 433. The highest BCUT2D eigenvalue weighted by Gasteiger charge is 2.42. The topological polar surface area (TPSA) is 29.5 Å². The maximum atomic E-state index is 12.4. The van der Waals surface area contributed by atoms with Gasteiger partial charge in [0.25, 0.3) is 0 Å². The van der Waals surface area contributed by atoms with Crippen molar-refractivity contribution in [3.63, 3.8) is 0 Å². The first-order valence-corrected chi connectivity index (χ1v) is 6.32. The molecule has 3 nitrogen and oxygen atoms in total. The molecule has 0 N–H and O–H groups in total. The van der Waals surface area contributed by atoms with Gasteiger partial charge < -0.3 is 4.74 Å². The van der Waals surface area contributed by atoms with E-state index in [9.17, 15) is 4.79 Å². The third-order valence-corrected chi connectivity index (χ3v) is 3.46. The van der Waals surface area contributed by atoms with E-state index in [0.29, 0.717) is 6.61 Å². The number of rotatable bonds is 4. The molecule has 96 valence electrons. The molecule has 0 aliphatic carbocycles. The molecule has 0 bridgehead atoms. The summed E-state index contributed by atoms with van der Waals surface area (Å²) < 4.78 is 5.27. The largest absolute Gasteiger partial charge is 0.464 e. The minimum atomic E-state index is -0.708. The van der Waals surface area contributed by atoms with Gasteiger partial charge in [-0.15, -0.1) is 0 Å². The quantitative estimate of drug-likeness (QED) is 0.602. The number of nitrogens with zero attached hydrogens (tertiary/aromatic N) is 1. The van der Waals surface area contributed by atoms with E-state index in [1.54, 1.807) is 0 Å². The van der Waals surface area contributed by atoms with E-state index in [1.807, 2.05) is 44.2 Å². The minimum absolute atomic E-state index is 0.181. The average Bonchev–Trinajstić information content (AvgIpc) is 2.93. The second-order valence-corrected chi connectivity index (χ2v) is 4.54. The molecule has 1 aromatic rings.